The predicted octanol–water partition coefficient (Wildman–Crippen LogP) is 3.32. The first kappa shape index (κ1) is 18.3. The molecular formula is C21H23N3O. The molecular weight excluding hydrogens is 310 g/mol. The van der Waals surface area contributed by atoms with Gasteiger partial charge in [0.25, 0.3) is 5.91 Å². The molecule has 4 heteroatoms. The van der Waals surface area contributed by atoms with Crippen LogP contribution in [-0.4, -0.2) is 12.5 Å². The Hall–Kier alpha value is -3.06. The number of carbonyl (C=O) groups excluding carboxylic acids is 1. The Bertz CT molecular complexity index is 718. The van der Waals surface area contributed by atoms with Crippen molar-refractivity contribution in [1.29, 1.82) is 5.26 Å². The lowest BCUT2D eigenvalue weighted by molar-refractivity contribution is -0.117. The number of nitrogens with zero attached hydrogens (tertiary/aromatic N) is 1. The minimum atomic E-state index is -0.358. The fraction of sp³-hybridized carbons (Fsp3) is 0.238. The molecule has 128 valence electrons. The molecule has 0 heterocycles. The van der Waals surface area contributed by atoms with Gasteiger partial charge in [0.2, 0.25) is 0 Å². The number of nitriles is 1. The number of carbonyl (C=O) groups is 1. The van der Waals surface area contributed by atoms with Crippen LogP contribution in [0.5, 0.6) is 0 Å². The second kappa shape index (κ2) is 10.7. The van der Waals surface area contributed by atoms with Gasteiger partial charge in [-0.25, -0.2) is 0 Å². The summed E-state index contributed by atoms with van der Waals surface area (Å²) in [7, 11) is 0. The quantitative estimate of drug-likeness (QED) is 0.420. The van der Waals surface area contributed by atoms with Crippen molar-refractivity contribution in [1.82, 2.24) is 10.6 Å². The highest BCUT2D eigenvalue weighted by molar-refractivity contribution is 5.97. The number of amides is 1. The average molecular weight is 333 g/mol. The smallest absolute Gasteiger partial charge is 0.263 e. The molecule has 0 aliphatic heterocycles. The van der Waals surface area contributed by atoms with Crippen LogP contribution in [0.4, 0.5) is 0 Å². The van der Waals surface area contributed by atoms with E-state index in [2.05, 4.69) is 22.8 Å². The van der Waals surface area contributed by atoms with E-state index in [9.17, 15) is 4.79 Å². The Morgan fingerprint density at radius 2 is 1.60 bits per heavy atom. The van der Waals surface area contributed by atoms with Crippen LogP contribution in [0.25, 0.3) is 0 Å². The van der Waals surface area contributed by atoms with E-state index in [4.69, 9.17) is 5.26 Å². The number of hydrogen-bond donors (Lipinski definition) is 2. The van der Waals surface area contributed by atoms with Crippen LogP contribution in [0, 0.1) is 11.3 Å². The van der Waals surface area contributed by atoms with Gasteiger partial charge in [-0.05, 0) is 30.4 Å². The van der Waals surface area contributed by atoms with Crippen molar-refractivity contribution in [3.63, 3.8) is 0 Å². The van der Waals surface area contributed by atoms with E-state index in [0.717, 1.165) is 31.4 Å². The number of rotatable bonds is 9. The molecule has 2 aromatic carbocycles. The third kappa shape index (κ3) is 6.92. The Morgan fingerprint density at radius 3 is 2.24 bits per heavy atom. The van der Waals surface area contributed by atoms with E-state index in [0.29, 0.717) is 6.54 Å². The SMILES string of the molecule is N#C/C(=C/NCCCCc1ccccc1)C(=O)NCc1ccccc1. The molecule has 4 nitrogen and oxygen atoms in total. The Balaban J connectivity index is 1.67. The number of benzene rings is 2. The summed E-state index contributed by atoms with van der Waals surface area (Å²) in [5.74, 6) is -0.358. The van der Waals surface area contributed by atoms with Crippen LogP contribution < -0.4 is 10.6 Å². The van der Waals surface area contributed by atoms with Gasteiger partial charge in [-0.2, -0.15) is 5.26 Å². The van der Waals surface area contributed by atoms with Gasteiger partial charge in [0.1, 0.15) is 11.6 Å². The van der Waals surface area contributed by atoms with Crippen LogP contribution in [-0.2, 0) is 17.8 Å². The van der Waals surface area contributed by atoms with Crippen molar-refractivity contribution in [2.75, 3.05) is 6.54 Å². The first-order valence-electron chi connectivity index (χ1n) is 8.49. The van der Waals surface area contributed by atoms with E-state index in [-0.39, 0.29) is 11.5 Å². The van der Waals surface area contributed by atoms with Crippen LogP contribution >= 0.6 is 0 Å². The maximum atomic E-state index is 12.0. The summed E-state index contributed by atoms with van der Waals surface area (Å²) in [6.45, 7) is 1.15. The van der Waals surface area contributed by atoms with Crippen LogP contribution in [0.2, 0.25) is 0 Å². The van der Waals surface area contributed by atoms with E-state index in [1.54, 1.807) is 0 Å². The molecule has 0 atom stereocenters. The van der Waals surface area contributed by atoms with Gasteiger partial charge in [-0.1, -0.05) is 60.7 Å². The zero-order valence-corrected chi connectivity index (χ0v) is 14.2. The van der Waals surface area contributed by atoms with E-state index < -0.39 is 0 Å². The first-order chi connectivity index (χ1) is 12.3. The van der Waals surface area contributed by atoms with E-state index in [1.807, 2.05) is 54.6 Å². The molecule has 0 radical (unpaired) electrons. The Labute approximate surface area is 149 Å². The normalized spacial score (nSPS) is 10.8. The zero-order valence-electron chi connectivity index (χ0n) is 14.2. The van der Waals surface area contributed by atoms with E-state index >= 15 is 0 Å². The fourth-order valence-corrected chi connectivity index (χ4v) is 2.40. The fourth-order valence-electron chi connectivity index (χ4n) is 2.40. The molecule has 0 unspecified atom stereocenters. The van der Waals surface area contributed by atoms with Crippen molar-refractivity contribution >= 4 is 5.91 Å². The van der Waals surface area contributed by atoms with Gasteiger partial charge in [0.15, 0.2) is 0 Å². The molecule has 0 aliphatic carbocycles. The number of aryl methyl sites for hydroxylation is 1. The van der Waals surface area contributed by atoms with Gasteiger partial charge in [-0.3, -0.25) is 4.79 Å². The topological polar surface area (TPSA) is 64.9 Å². The summed E-state index contributed by atoms with van der Waals surface area (Å²) in [5, 5.41) is 14.9. The molecule has 2 N–H and O–H groups in total. The first-order valence-corrected chi connectivity index (χ1v) is 8.49. The molecule has 2 aromatic rings. The van der Waals surface area contributed by atoms with Crippen molar-refractivity contribution in [3.8, 4) is 6.07 Å². The molecule has 0 bridgehead atoms. The summed E-state index contributed by atoms with van der Waals surface area (Å²) in [4.78, 5) is 12.0. The molecule has 2 rings (SSSR count). The summed E-state index contributed by atoms with van der Waals surface area (Å²) < 4.78 is 0. The summed E-state index contributed by atoms with van der Waals surface area (Å²) >= 11 is 0. The standard InChI is InChI=1S/C21H23N3O/c22-15-20(21(25)24-16-19-12-5-2-6-13-19)17-23-14-8-7-11-18-9-3-1-4-10-18/h1-6,9-10,12-13,17,23H,7-8,11,14,16H2,(H,24,25)/b20-17-. The zero-order chi connectivity index (χ0) is 17.7. The summed E-state index contributed by atoms with van der Waals surface area (Å²) in [6, 6.07) is 21.9. The van der Waals surface area contributed by atoms with Crippen molar-refractivity contribution in [2.45, 2.75) is 25.8 Å². The van der Waals surface area contributed by atoms with Crippen molar-refractivity contribution in [3.05, 3.63) is 83.6 Å². The lowest BCUT2D eigenvalue weighted by Gasteiger charge is -2.05. The Kier molecular flexibility index (Phi) is 7.80. The number of unbranched alkanes of at least 4 members (excludes halogenated alkanes) is 1. The molecule has 0 saturated carbocycles. The van der Waals surface area contributed by atoms with E-state index in [1.165, 1.54) is 11.8 Å². The lowest BCUT2D eigenvalue weighted by atomic mass is 10.1. The number of nitrogens with one attached hydrogen (secondary N) is 2. The van der Waals surface area contributed by atoms with Crippen molar-refractivity contribution in [2.24, 2.45) is 0 Å². The summed E-state index contributed by atoms with van der Waals surface area (Å²) in [6.07, 6.45) is 4.58. The minimum absolute atomic E-state index is 0.0963. The number of hydrogen-bond acceptors (Lipinski definition) is 3. The van der Waals surface area contributed by atoms with Gasteiger partial charge >= 0.3 is 0 Å². The minimum Gasteiger partial charge on any atom is -0.390 e. The highest BCUT2D eigenvalue weighted by Gasteiger charge is 2.07. The Morgan fingerprint density at radius 1 is 0.960 bits per heavy atom. The van der Waals surface area contributed by atoms with Crippen LogP contribution in [0.3, 0.4) is 0 Å². The van der Waals surface area contributed by atoms with Crippen LogP contribution in [0.1, 0.15) is 24.0 Å². The predicted molar refractivity (Wildman–Crippen MR) is 99.4 cm³/mol. The monoisotopic (exact) mass is 333 g/mol. The highest BCUT2D eigenvalue weighted by Crippen LogP contribution is 2.04. The third-order valence-electron chi connectivity index (χ3n) is 3.79. The molecule has 0 aliphatic rings. The molecule has 0 saturated heterocycles. The van der Waals surface area contributed by atoms with Crippen molar-refractivity contribution < 1.29 is 4.79 Å². The molecule has 1 amide bonds. The second-order valence-electron chi connectivity index (χ2n) is 5.73. The highest BCUT2D eigenvalue weighted by atomic mass is 16.1. The largest absolute Gasteiger partial charge is 0.390 e. The van der Waals surface area contributed by atoms with Gasteiger partial charge in [-0.15, -0.1) is 0 Å². The average Bonchev–Trinajstić information content (AvgIpc) is 2.67. The van der Waals surface area contributed by atoms with Gasteiger partial charge in [0, 0.05) is 19.3 Å². The van der Waals surface area contributed by atoms with Gasteiger partial charge < -0.3 is 10.6 Å². The molecule has 0 spiro atoms. The lowest BCUT2D eigenvalue weighted by Crippen LogP contribution is -2.25. The molecule has 0 fully saturated rings. The maximum absolute atomic E-state index is 12.0. The van der Waals surface area contributed by atoms with Crippen LogP contribution in [0.15, 0.2) is 72.4 Å². The summed E-state index contributed by atoms with van der Waals surface area (Å²) in [5.41, 5.74) is 2.43. The maximum Gasteiger partial charge on any atom is 0.263 e. The third-order valence-corrected chi connectivity index (χ3v) is 3.79. The molecule has 0 aromatic heterocycles. The second-order valence-corrected chi connectivity index (χ2v) is 5.73. The molecule has 25 heavy (non-hydrogen) atoms. The van der Waals surface area contributed by atoms with Gasteiger partial charge in [0.05, 0.1) is 0 Å².